The Hall–Kier alpha value is -2.44. The van der Waals surface area contributed by atoms with Crippen molar-refractivity contribution in [2.45, 2.75) is 32.4 Å². The van der Waals surface area contributed by atoms with Gasteiger partial charge in [-0.25, -0.2) is 4.39 Å². The van der Waals surface area contributed by atoms with Gasteiger partial charge in [0.05, 0.1) is 16.8 Å². The quantitative estimate of drug-likeness (QED) is 0.750. The molecule has 1 aliphatic rings. The Bertz CT molecular complexity index is 854. The number of carbonyl (C=O) groups excluding carboxylic acids is 2. The average molecular weight is 418 g/mol. The number of carbonyl (C=O) groups is 2. The molecule has 0 aliphatic carbocycles. The van der Waals surface area contributed by atoms with Gasteiger partial charge in [0.1, 0.15) is 5.82 Å². The van der Waals surface area contributed by atoms with Gasteiger partial charge in [-0.2, -0.15) is 0 Å². The number of nitrogens with one attached hydrogen (secondary N) is 2. The maximum atomic E-state index is 13.1. The van der Waals surface area contributed by atoms with E-state index in [9.17, 15) is 14.0 Å². The third kappa shape index (κ3) is 5.78. The van der Waals surface area contributed by atoms with Gasteiger partial charge in [-0.15, -0.1) is 0 Å². The molecule has 0 bridgehead atoms. The minimum atomic E-state index is -0.450. The number of hydrogen-bond donors (Lipinski definition) is 2. The first-order valence-electron chi connectivity index (χ1n) is 9.75. The molecule has 1 fully saturated rings. The van der Waals surface area contributed by atoms with Crippen LogP contribution in [0.3, 0.4) is 0 Å². The van der Waals surface area contributed by atoms with Crippen LogP contribution in [0.25, 0.3) is 0 Å². The molecule has 5 nitrogen and oxygen atoms in total. The second-order valence-corrected chi connectivity index (χ2v) is 7.71. The van der Waals surface area contributed by atoms with Crippen LogP contribution in [0, 0.1) is 11.7 Å². The van der Waals surface area contributed by atoms with Crippen LogP contribution >= 0.6 is 11.6 Å². The maximum Gasteiger partial charge on any atom is 0.241 e. The molecule has 3 rings (SSSR count). The fraction of sp³-hybridized carbons (Fsp3) is 0.364. The number of anilines is 1. The SMILES string of the molecule is C[C@@H](C(=O)Nc1ccc(F)cc1Cl)N1CCC(C(=O)NCc2ccccc2)CC1. The molecule has 2 N–H and O–H groups in total. The largest absolute Gasteiger partial charge is 0.352 e. The highest BCUT2D eigenvalue weighted by Gasteiger charge is 2.29. The molecule has 2 amide bonds. The van der Waals surface area contributed by atoms with E-state index in [1.165, 1.54) is 18.2 Å². The summed E-state index contributed by atoms with van der Waals surface area (Å²) in [5.74, 6) is -0.639. The summed E-state index contributed by atoms with van der Waals surface area (Å²) in [7, 11) is 0. The number of likely N-dealkylation sites (tertiary alicyclic amines) is 1. The van der Waals surface area contributed by atoms with Crippen LogP contribution in [-0.2, 0) is 16.1 Å². The van der Waals surface area contributed by atoms with Crippen LogP contribution in [0.2, 0.25) is 5.02 Å². The summed E-state index contributed by atoms with van der Waals surface area (Å²) in [5.41, 5.74) is 1.46. The first kappa shape index (κ1) is 21.3. The molecule has 0 spiro atoms. The molecule has 29 heavy (non-hydrogen) atoms. The number of halogens is 2. The van der Waals surface area contributed by atoms with Gasteiger partial charge in [0.25, 0.3) is 0 Å². The Morgan fingerprint density at radius 3 is 2.52 bits per heavy atom. The Kier molecular flexibility index (Phi) is 7.23. The van der Waals surface area contributed by atoms with E-state index in [2.05, 4.69) is 10.6 Å². The monoisotopic (exact) mass is 417 g/mol. The lowest BCUT2D eigenvalue weighted by molar-refractivity contribution is -0.127. The van der Waals surface area contributed by atoms with Crippen LogP contribution in [0.5, 0.6) is 0 Å². The molecule has 0 radical (unpaired) electrons. The minimum absolute atomic E-state index is 0.0447. The van der Waals surface area contributed by atoms with E-state index in [0.717, 1.165) is 5.56 Å². The van der Waals surface area contributed by atoms with E-state index >= 15 is 0 Å². The summed E-state index contributed by atoms with van der Waals surface area (Å²) >= 11 is 5.98. The smallest absolute Gasteiger partial charge is 0.241 e. The first-order chi connectivity index (χ1) is 13.9. The van der Waals surface area contributed by atoms with Gasteiger partial charge < -0.3 is 10.6 Å². The zero-order valence-corrected chi connectivity index (χ0v) is 17.1. The van der Waals surface area contributed by atoms with E-state index in [-0.39, 0.29) is 28.8 Å². The highest BCUT2D eigenvalue weighted by molar-refractivity contribution is 6.33. The summed E-state index contributed by atoms with van der Waals surface area (Å²) in [4.78, 5) is 27.0. The predicted octanol–water partition coefficient (Wildman–Crippen LogP) is 3.83. The van der Waals surface area contributed by atoms with Crippen LogP contribution in [0.1, 0.15) is 25.3 Å². The number of rotatable bonds is 6. The lowest BCUT2D eigenvalue weighted by atomic mass is 9.94. The van der Waals surface area contributed by atoms with Gasteiger partial charge in [0, 0.05) is 12.5 Å². The summed E-state index contributed by atoms with van der Waals surface area (Å²) in [6.45, 7) is 3.67. The maximum absolute atomic E-state index is 13.1. The fourth-order valence-electron chi connectivity index (χ4n) is 3.47. The van der Waals surface area contributed by atoms with Gasteiger partial charge in [0.2, 0.25) is 11.8 Å². The van der Waals surface area contributed by atoms with Gasteiger partial charge in [-0.1, -0.05) is 41.9 Å². The fourth-order valence-corrected chi connectivity index (χ4v) is 3.69. The summed E-state index contributed by atoms with van der Waals surface area (Å²) in [6.07, 6.45) is 1.41. The number of benzene rings is 2. The zero-order chi connectivity index (χ0) is 20.8. The topological polar surface area (TPSA) is 61.4 Å². The van der Waals surface area contributed by atoms with Gasteiger partial charge >= 0.3 is 0 Å². The number of nitrogens with zero attached hydrogens (tertiary/aromatic N) is 1. The van der Waals surface area contributed by atoms with Crippen molar-refractivity contribution in [3.8, 4) is 0 Å². The molecular weight excluding hydrogens is 393 g/mol. The molecule has 2 aromatic carbocycles. The van der Waals surface area contributed by atoms with Crippen molar-refractivity contribution in [1.29, 1.82) is 0 Å². The summed E-state index contributed by atoms with van der Waals surface area (Å²) in [6, 6.07) is 13.3. The molecule has 1 heterocycles. The zero-order valence-electron chi connectivity index (χ0n) is 16.3. The third-order valence-corrected chi connectivity index (χ3v) is 5.64. The normalized spacial score (nSPS) is 16.2. The number of hydrogen-bond acceptors (Lipinski definition) is 3. The molecule has 1 atom stereocenters. The second-order valence-electron chi connectivity index (χ2n) is 7.30. The Labute approximate surface area is 175 Å². The summed E-state index contributed by atoms with van der Waals surface area (Å²) < 4.78 is 13.1. The van der Waals surface area contributed by atoms with Crippen LogP contribution in [0.4, 0.5) is 10.1 Å². The Morgan fingerprint density at radius 2 is 1.86 bits per heavy atom. The molecule has 154 valence electrons. The lowest BCUT2D eigenvalue weighted by Gasteiger charge is -2.34. The number of amides is 2. The molecule has 0 aromatic heterocycles. The van der Waals surface area contributed by atoms with Crippen LogP contribution in [-0.4, -0.2) is 35.8 Å². The first-order valence-corrected chi connectivity index (χ1v) is 10.1. The van der Waals surface area contributed by atoms with Crippen LogP contribution < -0.4 is 10.6 Å². The molecule has 0 saturated carbocycles. The highest BCUT2D eigenvalue weighted by Crippen LogP contribution is 2.24. The van der Waals surface area contributed by atoms with E-state index in [4.69, 9.17) is 11.6 Å². The molecule has 1 saturated heterocycles. The third-order valence-electron chi connectivity index (χ3n) is 5.33. The highest BCUT2D eigenvalue weighted by atomic mass is 35.5. The Morgan fingerprint density at radius 1 is 1.17 bits per heavy atom. The van der Waals surface area contributed by atoms with E-state index < -0.39 is 5.82 Å². The van der Waals surface area contributed by atoms with Crippen molar-refractivity contribution in [3.63, 3.8) is 0 Å². The molecular formula is C22H25ClFN3O2. The molecule has 0 unspecified atom stereocenters. The van der Waals surface area contributed by atoms with Crippen molar-refractivity contribution in [2.75, 3.05) is 18.4 Å². The van der Waals surface area contributed by atoms with Crippen molar-refractivity contribution < 1.29 is 14.0 Å². The molecule has 7 heteroatoms. The summed E-state index contributed by atoms with van der Waals surface area (Å²) in [5, 5.41) is 5.91. The molecule has 1 aliphatic heterocycles. The molecule has 2 aromatic rings. The van der Waals surface area contributed by atoms with E-state index in [0.29, 0.717) is 38.2 Å². The average Bonchev–Trinajstić information content (AvgIpc) is 2.74. The van der Waals surface area contributed by atoms with Crippen molar-refractivity contribution >= 4 is 29.1 Å². The second kappa shape index (κ2) is 9.85. The van der Waals surface area contributed by atoms with E-state index in [1.54, 1.807) is 0 Å². The predicted molar refractivity (Wildman–Crippen MR) is 112 cm³/mol. The van der Waals surface area contributed by atoms with Crippen LogP contribution in [0.15, 0.2) is 48.5 Å². The minimum Gasteiger partial charge on any atom is -0.352 e. The van der Waals surface area contributed by atoms with Crippen molar-refractivity contribution in [3.05, 3.63) is 64.9 Å². The Balaban J connectivity index is 1.46. The van der Waals surface area contributed by atoms with Crippen molar-refractivity contribution in [2.24, 2.45) is 5.92 Å². The van der Waals surface area contributed by atoms with Gasteiger partial charge in [-0.05, 0) is 56.6 Å². The van der Waals surface area contributed by atoms with Crippen molar-refractivity contribution in [1.82, 2.24) is 10.2 Å². The number of piperidine rings is 1. The van der Waals surface area contributed by atoms with E-state index in [1.807, 2.05) is 42.2 Å². The van der Waals surface area contributed by atoms with Gasteiger partial charge in [0.15, 0.2) is 0 Å². The standard InChI is InChI=1S/C22H25ClFN3O2/c1-15(21(28)26-20-8-7-18(24)13-19(20)23)27-11-9-17(10-12-27)22(29)25-14-16-5-3-2-4-6-16/h2-8,13,15,17H,9-12,14H2,1H3,(H,25,29)(H,26,28)/t15-/m0/s1. The lowest BCUT2D eigenvalue weighted by Crippen LogP contribution is -2.48. The van der Waals surface area contributed by atoms with Gasteiger partial charge in [-0.3, -0.25) is 14.5 Å².